The van der Waals surface area contributed by atoms with Crippen LogP contribution in [0.2, 0.25) is 0 Å². The molecule has 0 unspecified atom stereocenters. The van der Waals surface area contributed by atoms with Crippen LogP contribution in [0.4, 0.5) is 0 Å². The van der Waals surface area contributed by atoms with Gasteiger partial charge in [0, 0.05) is 16.8 Å². The summed E-state index contributed by atoms with van der Waals surface area (Å²) in [6, 6.07) is 9.46. The van der Waals surface area contributed by atoms with Crippen LogP contribution in [0.5, 0.6) is 0 Å². The van der Waals surface area contributed by atoms with Crippen molar-refractivity contribution < 1.29 is 4.79 Å². The first-order chi connectivity index (χ1) is 9.65. The first-order valence-electron chi connectivity index (χ1n) is 6.73. The van der Waals surface area contributed by atoms with Crippen molar-refractivity contribution in [1.82, 2.24) is 15.8 Å². The third-order valence-electron chi connectivity index (χ3n) is 3.15. The second-order valence-corrected chi connectivity index (χ2v) is 4.57. The normalized spacial score (nSPS) is 11.4. The highest BCUT2D eigenvalue weighted by Gasteiger charge is 2.11. The molecule has 104 valence electrons. The van der Waals surface area contributed by atoms with Gasteiger partial charge in [-0.05, 0) is 32.4 Å². The highest BCUT2D eigenvalue weighted by molar-refractivity contribution is 6.06. The molecule has 0 aliphatic heterocycles. The number of hydrogen-bond acceptors (Lipinski definition) is 3. The number of fused-ring (bicyclic) bond motifs is 1. The lowest BCUT2D eigenvalue weighted by Gasteiger charge is -2.12. The predicted octanol–water partition coefficient (Wildman–Crippen LogP) is 3.09. The van der Waals surface area contributed by atoms with Crippen molar-refractivity contribution in [1.29, 1.82) is 0 Å². The van der Waals surface area contributed by atoms with Crippen LogP contribution in [0.15, 0.2) is 42.1 Å². The second-order valence-electron chi connectivity index (χ2n) is 4.57. The van der Waals surface area contributed by atoms with E-state index in [1.807, 2.05) is 51.1 Å². The molecule has 4 heteroatoms. The summed E-state index contributed by atoms with van der Waals surface area (Å²) in [6.45, 7) is 5.85. The lowest BCUT2D eigenvalue weighted by molar-refractivity contribution is 0.0940. The maximum atomic E-state index is 12.3. The average molecular weight is 269 g/mol. The molecule has 0 aliphatic carbocycles. The van der Waals surface area contributed by atoms with Crippen molar-refractivity contribution >= 4 is 16.8 Å². The SMILES string of the molecule is C/C=C(/CC)NNC(=O)c1cc(C)nc2ccccc12. The molecular weight excluding hydrogens is 250 g/mol. The van der Waals surface area contributed by atoms with E-state index < -0.39 is 0 Å². The monoisotopic (exact) mass is 269 g/mol. The predicted molar refractivity (Wildman–Crippen MR) is 81.1 cm³/mol. The van der Waals surface area contributed by atoms with Crippen molar-refractivity contribution in [3.05, 3.63) is 53.4 Å². The minimum Gasteiger partial charge on any atom is -0.303 e. The Balaban J connectivity index is 2.30. The fourth-order valence-corrected chi connectivity index (χ4v) is 2.06. The Morgan fingerprint density at radius 3 is 2.75 bits per heavy atom. The molecule has 0 bridgehead atoms. The number of pyridine rings is 1. The number of nitrogens with zero attached hydrogens (tertiary/aromatic N) is 1. The molecule has 0 aliphatic rings. The molecule has 0 fully saturated rings. The van der Waals surface area contributed by atoms with E-state index >= 15 is 0 Å². The van der Waals surface area contributed by atoms with Gasteiger partial charge in [0.25, 0.3) is 5.91 Å². The van der Waals surface area contributed by atoms with Gasteiger partial charge in [0.05, 0.1) is 11.1 Å². The maximum Gasteiger partial charge on any atom is 0.270 e. The summed E-state index contributed by atoms with van der Waals surface area (Å²) in [4.78, 5) is 16.8. The molecule has 2 aromatic rings. The van der Waals surface area contributed by atoms with Crippen LogP contribution in [0, 0.1) is 6.92 Å². The van der Waals surface area contributed by atoms with Gasteiger partial charge in [0.2, 0.25) is 0 Å². The molecule has 2 rings (SSSR count). The van der Waals surface area contributed by atoms with Crippen LogP contribution in [-0.2, 0) is 0 Å². The first kappa shape index (κ1) is 14.1. The summed E-state index contributed by atoms with van der Waals surface area (Å²) in [6.07, 6.45) is 2.78. The zero-order chi connectivity index (χ0) is 14.5. The Hall–Kier alpha value is -2.36. The van der Waals surface area contributed by atoms with Crippen LogP contribution < -0.4 is 10.9 Å². The molecule has 0 radical (unpaired) electrons. The molecule has 4 nitrogen and oxygen atoms in total. The van der Waals surface area contributed by atoms with E-state index in [0.717, 1.165) is 28.7 Å². The first-order valence-corrected chi connectivity index (χ1v) is 6.73. The van der Waals surface area contributed by atoms with Crippen molar-refractivity contribution in [3.63, 3.8) is 0 Å². The highest BCUT2D eigenvalue weighted by atomic mass is 16.2. The Labute approximate surface area is 118 Å². The van der Waals surface area contributed by atoms with Crippen LogP contribution in [0.25, 0.3) is 10.9 Å². The van der Waals surface area contributed by atoms with Crippen molar-refractivity contribution in [2.75, 3.05) is 0 Å². The summed E-state index contributed by atoms with van der Waals surface area (Å²) < 4.78 is 0. The van der Waals surface area contributed by atoms with Crippen molar-refractivity contribution in [2.45, 2.75) is 27.2 Å². The molecule has 20 heavy (non-hydrogen) atoms. The number of amides is 1. The van der Waals surface area contributed by atoms with Gasteiger partial charge in [0.15, 0.2) is 0 Å². The Morgan fingerprint density at radius 1 is 1.30 bits per heavy atom. The zero-order valence-electron chi connectivity index (χ0n) is 12.0. The zero-order valence-corrected chi connectivity index (χ0v) is 12.0. The molecule has 0 saturated heterocycles. The summed E-state index contributed by atoms with van der Waals surface area (Å²) in [5, 5.41) is 0.857. The van der Waals surface area contributed by atoms with E-state index in [4.69, 9.17) is 0 Å². The van der Waals surface area contributed by atoms with E-state index in [1.165, 1.54) is 0 Å². The number of benzene rings is 1. The summed E-state index contributed by atoms with van der Waals surface area (Å²) in [5.41, 5.74) is 8.95. The standard InChI is InChI=1S/C16H19N3O/c1-4-12(5-2)18-19-16(20)14-10-11(3)17-15-9-7-6-8-13(14)15/h4,6-10,18H,5H2,1-3H3,(H,19,20)/b12-4-. The smallest absolute Gasteiger partial charge is 0.270 e. The lowest BCUT2D eigenvalue weighted by atomic mass is 10.1. The molecule has 1 heterocycles. The number of aryl methyl sites for hydroxylation is 1. The molecule has 0 saturated carbocycles. The van der Waals surface area contributed by atoms with Gasteiger partial charge in [-0.2, -0.15) is 0 Å². The van der Waals surface area contributed by atoms with Gasteiger partial charge in [-0.15, -0.1) is 0 Å². The number of carbonyl (C=O) groups is 1. The fourth-order valence-electron chi connectivity index (χ4n) is 2.06. The lowest BCUT2D eigenvalue weighted by Crippen LogP contribution is -2.36. The average Bonchev–Trinajstić information content (AvgIpc) is 2.47. The fraction of sp³-hybridized carbons (Fsp3) is 0.250. The largest absolute Gasteiger partial charge is 0.303 e. The quantitative estimate of drug-likeness (QED) is 0.839. The van der Waals surface area contributed by atoms with Gasteiger partial charge >= 0.3 is 0 Å². The summed E-state index contributed by atoms with van der Waals surface area (Å²) in [7, 11) is 0. The molecule has 1 aromatic carbocycles. The summed E-state index contributed by atoms with van der Waals surface area (Å²) in [5.74, 6) is -0.153. The minimum atomic E-state index is -0.153. The number of para-hydroxylation sites is 1. The number of allylic oxidation sites excluding steroid dienone is 2. The van der Waals surface area contributed by atoms with Crippen LogP contribution in [0.1, 0.15) is 36.3 Å². The van der Waals surface area contributed by atoms with Crippen LogP contribution in [0.3, 0.4) is 0 Å². The van der Waals surface area contributed by atoms with Gasteiger partial charge in [0.1, 0.15) is 0 Å². The highest BCUT2D eigenvalue weighted by Crippen LogP contribution is 2.17. The molecular formula is C16H19N3O. The van der Waals surface area contributed by atoms with Gasteiger partial charge < -0.3 is 5.43 Å². The minimum absolute atomic E-state index is 0.153. The van der Waals surface area contributed by atoms with Gasteiger partial charge in [-0.3, -0.25) is 15.2 Å². The molecule has 1 aromatic heterocycles. The third kappa shape index (κ3) is 2.96. The van der Waals surface area contributed by atoms with E-state index in [-0.39, 0.29) is 5.91 Å². The van der Waals surface area contributed by atoms with Gasteiger partial charge in [-0.25, -0.2) is 0 Å². The van der Waals surface area contributed by atoms with E-state index in [1.54, 1.807) is 6.07 Å². The summed E-state index contributed by atoms with van der Waals surface area (Å²) >= 11 is 0. The van der Waals surface area contributed by atoms with E-state index in [2.05, 4.69) is 15.8 Å². The Kier molecular flexibility index (Phi) is 4.35. The number of hydrogen-bond donors (Lipinski definition) is 2. The Bertz CT molecular complexity index is 662. The Morgan fingerprint density at radius 2 is 2.05 bits per heavy atom. The topological polar surface area (TPSA) is 54.0 Å². The number of nitrogens with one attached hydrogen (secondary N) is 2. The number of carbonyl (C=O) groups excluding carboxylic acids is 1. The van der Waals surface area contributed by atoms with Gasteiger partial charge in [-0.1, -0.05) is 31.2 Å². The van der Waals surface area contributed by atoms with Crippen molar-refractivity contribution in [3.8, 4) is 0 Å². The molecule has 0 atom stereocenters. The number of hydrazine groups is 1. The molecule has 2 N–H and O–H groups in total. The number of rotatable bonds is 4. The van der Waals surface area contributed by atoms with E-state index in [9.17, 15) is 4.79 Å². The molecule has 0 spiro atoms. The van der Waals surface area contributed by atoms with Crippen molar-refractivity contribution in [2.24, 2.45) is 0 Å². The second kappa shape index (κ2) is 6.19. The third-order valence-corrected chi connectivity index (χ3v) is 3.15. The van der Waals surface area contributed by atoms with E-state index in [0.29, 0.717) is 5.56 Å². The molecule has 1 amide bonds. The number of aromatic nitrogens is 1. The van der Waals surface area contributed by atoms with Crippen LogP contribution in [-0.4, -0.2) is 10.9 Å². The van der Waals surface area contributed by atoms with Crippen LogP contribution >= 0.6 is 0 Å². The maximum absolute atomic E-state index is 12.3.